The van der Waals surface area contributed by atoms with Gasteiger partial charge in [0.05, 0.1) is 12.5 Å². The Morgan fingerprint density at radius 2 is 1.95 bits per heavy atom. The van der Waals surface area contributed by atoms with Gasteiger partial charge in [0.2, 0.25) is 0 Å². The van der Waals surface area contributed by atoms with Gasteiger partial charge in [-0.05, 0) is 24.6 Å². The van der Waals surface area contributed by atoms with Crippen molar-refractivity contribution in [2.24, 2.45) is 0 Å². The predicted octanol–water partition coefficient (Wildman–Crippen LogP) is 1.27. The Bertz CT molecular complexity index is 491. The van der Waals surface area contributed by atoms with E-state index in [9.17, 15) is 9.59 Å². The van der Waals surface area contributed by atoms with E-state index in [0.717, 1.165) is 5.56 Å². The SMILES string of the molecule is CCOCC(=O)OCC(=O)Nc1ccc(CC#N)cc1. The number of carbonyl (C=O) groups is 2. The Balaban J connectivity index is 2.35. The summed E-state index contributed by atoms with van der Waals surface area (Å²) in [6.07, 6.45) is 0.323. The molecule has 0 atom stereocenters. The van der Waals surface area contributed by atoms with Crippen LogP contribution in [0, 0.1) is 11.3 Å². The summed E-state index contributed by atoms with van der Waals surface area (Å²) in [5.74, 6) is -1.01. The lowest BCUT2D eigenvalue weighted by Crippen LogP contribution is -2.22. The van der Waals surface area contributed by atoms with Crippen molar-refractivity contribution in [2.75, 3.05) is 25.1 Å². The Labute approximate surface area is 117 Å². The lowest BCUT2D eigenvalue weighted by Gasteiger charge is -2.07. The molecule has 0 aromatic heterocycles. The van der Waals surface area contributed by atoms with E-state index in [-0.39, 0.29) is 13.2 Å². The van der Waals surface area contributed by atoms with E-state index in [1.807, 2.05) is 6.07 Å². The third kappa shape index (κ3) is 5.98. The fourth-order valence-corrected chi connectivity index (χ4v) is 1.37. The van der Waals surface area contributed by atoms with E-state index in [0.29, 0.717) is 18.7 Å². The van der Waals surface area contributed by atoms with Crippen LogP contribution in [-0.4, -0.2) is 31.7 Å². The molecule has 0 aliphatic rings. The first kappa shape index (κ1) is 15.7. The highest BCUT2D eigenvalue weighted by atomic mass is 16.6. The molecule has 0 bridgehead atoms. The van der Waals surface area contributed by atoms with Crippen molar-refractivity contribution in [3.05, 3.63) is 29.8 Å². The highest BCUT2D eigenvalue weighted by Gasteiger charge is 2.07. The zero-order valence-electron chi connectivity index (χ0n) is 11.2. The van der Waals surface area contributed by atoms with Gasteiger partial charge in [-0.15, -0.1) is 0 Å². The number of ether oxygens (including phenoxy) is 2. The van der Waals surface area contributed by atoms with Gasteiger partial charge in [-0.25, -0.2) is 4.79 Å². The van der Waals surface area contributed by atoms with Crippen LogP contribution < -0.4 is 5.32 Å². The highest BCUT2D eigenvalue weighted by molar-refractivity contribution is 5.92. The number of nitrogens with one attached hydrogen (secondary N) is 1. The lowest BCUT2D eigenvalue weighted by molar-refractivity contribution is -0.151. The summed E-state index contributed by atoms with van der Waals surface area (Å²) in [6.45, 7) is 1.66. The van der Waals surface area contributed by atoms with E-state index in [4.69, 9.17) is 14.7 Å². The number of nitriles is 1. The zero-order chi connectivity index (χ0) is 14.8. The maximum absolute atomic E-state index is 11.5. The minimum absolute atomic E-state index is 0.160. The zero-order valence-corrected chi connectivity index (χ0v) is 11.2. The first-order valence-corrected chi connectivity index (χ1v) is 6.14. The van der Waals surface area contributed by atoms with Crippen LogP contribution >= 0.6 is 0 Å². The average Bonchev–Trinajstić information content (AvgIpc) is 2.45. The molecule has 6 nitrogen and oxygen atoms in total. The van der Waals surface area contributed by atoms with Crippen LogP contribution in [0.3, 0.4) is 0 Å². The Morgan fingerprint density at radius 1 is 1.25 bits per heavy atom. The second-order valence-corrected chi connectivity index (χ2v) is 3.88. The van der Waals surface area contributed by atoms with Gasteiger partial charge in [0.15, 0.2) is 6.61 Å². The van der Waals surface area contributed by atoms with Crippen LogP contribution in [0.1, 0.15) is 12.5 Å². The molecule has 0 spiro atoms. The topological polar surface area (TPSA) is 88.4 Å². The van der Waals surface area contributed by atoms with Crippen molar-refractivity contribution in [2.45, 2.75) is 13.3 Å². The number of rotatable bonds is 7. The van der Waals surface area contributed by atoms with Gasteiger partial charge in [-0.1, -0.05) is 12.1 Å². The van der Waals surface area contributed by atoms with Crippen LogP contribution in [-0.2, 0) is 25.5 Å². The molecule has 20 heavy (non-hydrogen) atoms. The van der Waals surface area contributed by atoms with Crippen LogP contribution in [0.2, 0.25) is 0 Å². The second-order valence-electron chi connectivity index (χ2n) is 3.88. The summed E-state index contributed by atoms with van der Waals surface area (Å²) in [7, 11) is 0. The average molecular weight is 276 g/mol. The fourth-order valence-electron chi connectivity index (χ4n) is 1.37. The quantitative estimate of drug-likeness (QED) is 0.758. The van der Waals surface area contributed by atoms with Crippen molar-refractivity contribution in [3.63, 3.8) is 0 Å². The van der Waals surface area contributed by atoms with Gasteiger partial charge in [0, 0.05) is 12.3 Å². The minimum atomic E-state index is -0.577. The molecule has 1 aromatic rings. The summed E-state index contributed by atoms with van der Waals surface area (Å²) in [5.41, 5.74) is 1.45. The molecule has 106 valence electrons. The molecule has 0 heterocycles. The summed E-state index contributed by atoms with van der Waals surface area (Å²) in [5, 5.41) is 11.1. The first-order chi connectivity index (χ1) is 9.65. The largest absolute Gasteiger partial charge is 0.454 e. The summed E-state index contributed by atoms with van der Waals surface area (Å²) < 4.78 is 9.57. The maximum atomic E-state index is 11.5. The van der Waals surface area contributed by atoms with Crippen molar-refractivity contribution in [1.29, 1.82) is 5.26 Å². The third-order valence-corrected chi connectivity index (χ3v) is 2.31. The van der Waals surface area contributed by atoms with Crippen LogP contribution in [0.4, 0.5) is 5.69 Å². The number of amides is 1. The number of esters is 1. The summed E-state index contributed by atoms with van der Waals surface area (Å²) in [6, 6.07) is 8.91. The standard InChI is InChI=1S/C14H16N2O4/c1-2-19-10-14(18)20-9-13(17)16-12-5-3-11(4-6-12)7-8-15/h3-6H,2,7,9-10H2,1H3,(H,16,17). The van der Waals surface area contributed by atoms with Crippen LogP contribution in [0.15, 0.2) is 24.3 Å². The number of carbonyl (C=O) groups excluding carboxylic acids is 2. The molecule has 0 fully saturated rings. The normalized spacial score (nSPS) is 9.60. The van der Waals surface area contributed by atoms with E-state index in [1.54, 1.807) is 31.2 Å². The predicted molar refractivity (Wildman–Crippen MR) is 71.8 cm³/mol. The molecule has 1 rings (SSSR count). The second kappa shape index (κ2) is 8.67. The van der Waals surface area contributed by atoms with Gasteiger partial charge in [-0.3, -0.25) is 4.79 Å². The summed E-state index contributed by atoms with van der Waals surface area (Å²) in [4.78, 5) is 22.6. The molecular weight excluding hydrogens is 260 g/mol. The lowest BCUT2D eigenvalue weighted by atomic mass is 10.1. The molecule has 0 unspecified atom stereocenters. The molecule has 6 heteroatoms. The molecule has 0 radical (unpaired) electrons. The molecule has 0 saturated carbocycles. The van der Waals surface area contributed by atoms with Crippen LogP contribution in [0.25, 0.3) is 0 Å². The Hall–Kier alpha value is -2.39. The van der Waals surface area contributed by atoms with Crippen LogP contribution in [0.5, 0.6) is 0 Å². The molecule has 0 saturated heterocycles. The number of hydrogen-bond donors (Lipinski definition) is 1. The van der Waals surface area contributed by atoms with Crippen molar-refractivity contribution < 1.29 is 19.1 Å². The molecule has 1 N–H and O–H groups in total. The highest BCUT2D eigenvalue weighted by Crippen LogP contribution is 2.09. The third-order valence-electron chi connectivity index (χ3n) is 2.31. The van der Waals surface area contributed by atoms with E-state index in [1.165, 1.54) is 0 Å². The van der Waals surface area contributed by atoms with Gasteiger partial charge >= 0.3 is 5.97 Å². The number of benzene rings is 1. The molecular formula is C14H16N2O4. The van der Waals surface area contributed by atoms with Gasteiger partial charge in [0.1, 0.15) is 6.61 Å². The van der Waals surface area contributed by atoms with Crippen molar-refractivity contribution in [1.82, 2.24) is 0 Å². The van der Waals surface area contributed by atoms with E-state index in [2.05, 4.69) is 5.32 Å². The summed E-state index contributed by atoms with van der Waals surface area (Å²) >= 11 is 0. The Morgan fingerprint density at radius 3 is 2.55 bits per heavy atom. The Kier molecular flexibility index (Phi) is 6.79. The van der Waals surface area contributed by atoms with Crippen molar-refractivity contribution >= 4 is 17.6 Å². The monoisotopic (exact) mass is 276 g/mol. The van der Waals surface area contributed by atoms with Gasteiger partial charge < -0.3 is 14.8 Å². The molecule has 0 aliphatic heterocycles. The van der Waals surface area contributed by atoms with Gasteiger partial charge in [0.25, 0.3) is 5.91 Å². The molecule has 0 aliphatic carbocycles. The number of nitrogens with zero attached hydrogens (tertiary/aromatic N) is 1. The smallest absolute Gasteiger partial charge is 0.332 e. The number of anilines is 1. The van der Waals surface area contributed by atoms with Gasteiger partial charge in [-0.2, -0.15) is 5.26 Å². The van der Waals surface area contributed by atoms with Crippen molar-refractivity contribution in [3.8, 4) is 6.07 Å². The molecule has 1 amide bonds. The number of hydrogen-bond acceptors (Lipinski definition) is 5. The molecule has 1 aromatic carbocycles. The van der Waals surface area contributed by atoms with E-state index >= 15 is 0 Å². The minimum Gasteiger partial charge on any atom is -0.454 e. The van der Waals surface area contributed by atoms with E-state index < -0.39 is 11.9 Å². The maximum Gasteiger partial charge on any atom is 0.332 e. The fraction of sp³-hybridized carbons (Fsp3) is 0.357. The first-order valence-electron chi connectivity index (χ1n) is 6.14.